The molecular formula is C29H26F5N5O5. The van der Waals surface area contributed by atoms with Crippen LogP contribution in [0.3, 0.4) is 0 Å². The second-order valence-corrected chi connectivity index (χ2v) is 10.8. The van der Waals surface area contributed by atoms with E-state index in [-0.39, 0.29) is 40.8 Å². The molecule has 0 radical (unpaired) electrons. The molecule has 2 heterocycles. The topological polar surface area (TPSA) is 156 Å². The number of halogens is 5. The van der Waals surface area contributed by atoms with E-state index in [4.69, 9.17) is 10.5 Å². The molecular weight excluding hydrogens is 593 g/mol. The van der Waals surface area contributed by atoms with Crippen LogP contribution in [-0.2, 0) is 15.8 Å². The van der Waals surface area contributed by atoms with E-state index in [1.54, 1.807) is 0 Å². The summed E-state index contributed by atoms with van der Waals surface area (Å²) in [6.07, 6.45) is -3.90. The number of anilines is 1. The standard InChI is InChI=1S/C29H26F5N5O5/c1-27(25(35)41)13-44-23-18(27)11-21(39-22(23)14-2-5-16(30)6-3-14)28(43,29(32,33)34)12-36-24(40)15-4-9-19(31)20(10-15)38-26(42)37-17-7-8-17/h2-6,9-11,17,43H,7-8,12-13H2,1H3,(H2,35,41)(H,36,40)(H2,37,38,42)/t27-,28?/m0/s1. The number of alkyl halides is 3. The van der Waals surface area contributed by atoms with Crippen molar-refractivity contribution in [3.8, 4) is 17.0 Å². The summed E-state index contributed by atoms with van der Waals surface area (Å²) >= 11 is 0. The number of carbonyl (C=O) groups is 3. The van der Waals surface area contributed by atoms with Gasteiger partial charge in [0.05, 0.1) is 17.9 Å². The zero-order valence-electron chi connectivity index (χ0n) is 23.0. The molecule has 1 aliphatic heterocycles. The lowest BCUT2D eigenvalue weighted by Crippen LogP contribution is -2.51. The molecule has 1 aromatic heterocycles. The maximum atomic E-state index is 14.6. The van der Waals surface area contributed by atoms with Crippen LogP contribution < -0.4 is 26.4 Å². The summed E-state index contributed by atoms with van der Waals surface area (Å²) < 4.78 is 77.3. The molecule has 1 saturated carbocycles. The number of benzene rings is 2. The first-order valence-electron chi connectivity index (χ1n) is 13.3. The molecule has 3 aromatic rings. The van der Waals surface area contributed by atoms with Crippen LogP contribution in [-0.4, -0.2) is 53.3 Å². The van der Waals surface area contributed by atoms with Gasteiger partial charge in [0, 0.05) is 22.7 Å². The number of aliphatic hydroxyl groups is 1. The minimum atomic E-state index is -5.43. The number of fused-ring (bicyclic) bond motifs is 1. The van der Waals surface area contributed by atoms with E-state index >= 15 is 0 Å². The SMILES string of the molecule is C[C@]1(C(N)=O)COc2c1cc(C(O)(CNC(=O)c1ccc(F)c(NC(=O)NC3CC3)c1)C(F)(F)F)nc2-c1ccc(F)cc1. The Bertz CT molecular complexity index is 1650. The van der Waals surface area contributed by atoms with Crippen LogP contribution in [0, 0.1) is 11.6 Å². The predicted octanol–water partition coefficient (Wildman–Crippen LogP) is 3.63. The molecule has 0 saturated heterocycles. The maximum Gasteiger partial charge on any atom is 0.424 e. The number of primary amides is 1. The van der Waals surface area contributed by atoms with Crippen LogP contribution in [0.2, 0.25) is 0 Å². The molecule has 4 amide bonds. The summed E-state index contributed by atoms with van der Waals surface area (Å²) in [5, 5.41) is 17.9. The molecule has 2 atom stereocenters. The Kier molecular flexibility index (Phi) is 7.70. The van der Waals surface area contributed by atoms with Crippen molar-refractivity contribution in [1.29, 1.82) is 0 Å². The molecule has 0 spiro atoms. The fourth-order valence-corrected chi connectivity index (χ4v) is 4.58. The van der Waals surface area contributed by atoms with Crippen molar-refractivity contribution in [2.24, 2.45) is 5.73 Å². The maximum absolute atomic E-state index is 14.6. The van der Waals surface area contributed by atoms with E-state index in [0.717, 1.165) is 49.2 Å². The van der Waals surface area contributed by atoms with E-state index in [0.29, 0.717) is 0 Å². The Labute approximate surface area is 246 Å². The number of rotatable bonds is 8. The zero-order valence-corrected chi connectivity index (χ0v) is 23.0. The lowest BCUT2D eigenvalue weighted by Gasteiger charge is -2.31. The number of hydrogen-bond acceptors (Lipinski definition) is 6. The van der Waals surface area contributed by atoms with Crippen LogP contribution in [0.5, 0.6) is 5.75 Å². The minimum absolute atomic E-state index is 0.0478. The molecule has 0 bridgehead atoms. The number of amides is 4. The van der Waals surface area contributed by atoms with Crippen molar-refractivity contribution in [1.82, 2.24) is 15.6 Å². The highest BCUT2D eigenvalue weighted by molar-refractivity contribution is 5.97. The molecule has 1 aliphatic carbocycles. The number of carbonyl (C=O) groups excluding carboxylic acids is 3. The smallest absolute Gasteiger partial charge is 0.424 e. The Morgan fingerprint density at radius 3 is 2.39 bits per heavy atom. The van der Waals surface area contributed by atoms with Crippen molar-refractivity contribution in [2.75, 3.05) is 18.5 Å². The summed E-state index contributed by atoms with van der Waals surface area (Å²) in [5.41, 5.74) is -1.79. The van der Waals surface area contributed by atoms with Gasteiger partial charge in [0.15, 0.2) is 0 Å². The van der Waals surface area contributed by atoms with Gasteiger partial charge in [-0.1, -0.05) is 0 Å². The van der Waals surface area contributed by atoms with Crippen LogP contribution in [0.25, 0.3) is 11.3 Å². The molecule has 44 heavy (non-hydrogen) atoms. The van der Waals surface area contributed by atoms with Gasteiger partial charge in [-0.25, -0.2) is 18.6 Å². The average molecular weight is 620 g/mol. The summed E-state index contributed by atoms with van der Waals surface area (Å²) in [6.45, 7) is -0.447. The first-order chi connectivity index (χ1) is 20.6. The highest BCUT2D eigenvalue weighted by atomic mass is 19.4. The first kappa shape index (κ1) is 30.7. The molecule has 2 aliphatic rings. The monoisotopic (exact) mass is 619 g/mol. The fourth-order valence-electron chi connectivity index (χ4n) is 4.58. The highest BCUT2D eigenvalue weighted by Crippen LogP contribution is 2.47. The van der Waals surface area contributed by atoms with Gasteiger partial charge < -0.3 is 31.5 Å². The quantitative estimate of drug-likeness (QED) is 0.243. The van der Waals surface area contributed by atoms with Crippen LogP contribution in [0.4, 0.5) is 32.4 Å². The number of pyridine rings is 1. The van der Waals surface area contributed by atoms with Crippen molar-refractivity contribution < 1.29 is 46.2 Å². The lowest BCUT2D eigenvalue weighted by atomic mass is 9.81. The summed E-state index contributed by atoms with van der Waals surface area (Å²) in [4.78, 5) is 41.3. The number of nitrogens with zero attached hydrogens (tertiary/aromatic N) is 1. The second-order valence-electron chi connectivity index (χ2n) is 10.8. The molecule has 5 rings (SSSR count). The van der Waals surface area contributed by atoms with Crippen LogP contribution in [0.1, 0.15) is 41.4 Å². The Hall–Kier alpha value is -4.79. The van der Waals surface area contributed by atoms with E-state index < -0.39 is 64.6 Å². The van der Waals surface area contributed by atoms with Crippen molar-refractivity contribution >= 4 is 23.5 Å². The minimum Gasteiger partial charge on any atom is -0.489 e. The van der Waals surface area contributed by atoms with E-state index in [1.807, 2.05) is 5.32 Å². The molecule has 1 fully saturated rings. The number of hydrogen-bond donors (Lipinski definition) is 5. The third-order valence-corrected chi connectivity index (χ3v) is 7.52. The van der Waals surface area contributed by atoms with Gasteiger partial charge in [0.1, 0.15) is 35.1 Å². The van der Waals surface area contributed by atoms with Gasteiger partial charge in [-0.2, -0.15) is 13.2 Å². The Morgan fingerprint density at radius 1 is 1.09 bits per heavy atom. The summed E-state index contributed by atoms with van der Waals surface area (Å²) in [5.74, 6) is -3.67. The Morgan fingerprint density at radius 2 is 1.77 bits per heavy atom. The number of aromatic nitrogens is 1. The summed E-state index contributed by atoms with van der Waals surface area (Å²) in [6, 6.07) is 7.35. The molecule has 2 aromatic carbocycles. The number of urea groups is 1. The lowest BCUT2D eigenvalue weighted by molar-refractivity contribution is -0.265. The van der Waals surface area contributed by atoms with E-state index in [1.165, 1.54) is 19.1 Å². The van der Waals surface area contributed by atoms with Crippen molar-refractivity contribution in [3.63, 3.8) is 0 Å². The first-order valence-corrected chi connectivity index (χ1v) is 13.3. The fraction of sp³-hybridized carbons (Fsp3) is 0.310. The molecule has 15 heteroatoms. The van der Waals surface area contributed by atoms with Gasteiger partial charge in [-0.3, -0.25) is 9.59 Å². The van der Waals surface area contributed by atoms with Crippen molar-refractivity contribution in [2.45, 2.75) is 43.0 Å². The largest absolute Gasteiger partial charge is 0.489 e. The number of nitrogens with two attached hydrogens (primary N) is 1. The predicted molar refractivity (Wildman–Crippen MR) is 146 cm³/mol. The summed E-state index contributed by atoms with van der Waals surface area (Å²) in [7, 11) is 0. The van der Waals surface area contributed by atoms with Gasteiger partial charge >= 0.3 is 12.2 Å². The zero-order chi connectivity index (χ0) is 32.0. The highest BCUT2D eigenvalue weighted by Gasteiger charge is 2.57. The van der Waals surface area contributed by atoms with Gasteiger partial charge in [-0.15, -0.1) is 0 Å². The second kappa shape index (κ2) is 11.0. The molecule has 6 N–H and O–H groups in total. The molecule has 10 nitrogen and oxygen atoms in total. The third-order valence-electron chi connectivity index (χ3n) is 7.52. The average Bonchev–Trinajstić information content (AvgIpc) is 3.71. The molecule has 1 unspecified atom stereocenters. The van der Waals surface area contributed by atoms with E-state index in [2.05, 4.69) is 15.6 Å². The number of ether oxygens (including phenoxy) is 1. The van der Waals surface area contributed by atoms with Gasteiger partial charge in [0.2, 0.25) is 11.5 Å². The Balaban J connectivity index is 1.49. The van der Waals surface area contributed by atoms with Crippen LogP contribution >= 0.6 is 0 Å². The van der Waals surface area contributed by atoms with Crippen LogP contribution in [0.15, 0.2) is 48.5 Å². The number of nitrogens with one attached hydrogen (secondary N) is 3. The normalized spacial score (nSPS) is 18.9. The van der Waals surface area contributed by atoms with E-state index in [9.17, 15) is 41.4 Å². The third kappa shape index (κ3) is 5.74. The van der Waals surface area contributed by atoms with Crippen molar-refractivity contribution in [3.05, 3.63) is 77.0 Å². The van der Waals surface area contributed by atoms with Gasteiger partial charge in [-0.05, 0) is 68.3 Å². The molecule has 232 valence electrons. The van der Waals surface area contributed by atoms with Gasteiger partial charge in [0.25, 0.3) is 5.91 Å².